The highest BCUT2D eigenvalue weighted by atomic mass is 16.3. The number of β-amino-alcohol motifs (C(OH)–C–C–N with tert-alkyl or cyclic N) is 1. The molecule has 0 radical (unpaired) electrons. The Hall–Kier alpha value is -0.160. The van der Waals surface area contributed by atoms with Crippen LogP contribution in [0.15, 0.2) is 0 Å². The summed E-state index contributed by atoms with van der Waals surface area (Å²) in [5, 5.41) is 8.93. The summed E-state index contributed by atoms with van der Waals surface area (Å²) in [6.45, 7) is 12.8. The van der Waals surface area contributed by atoms with Crippen molar-refractivity contribution in [2.24, 2.45) is 0 Å². The van der Waals surface area contributed by atoms with Crippen LogP contribution in [0.25, 0.3) is 0 Å². The van der Waals surface area contributed by atoms with Gasteiger partial charge in [0.1, 0.15) is 0 Å². The Morgan fingerprint density at radius 1 is 1.12 bits per heavy atom. The highest BCUT2D eigenvalue weighted by Gasteiger charge is 2.30. The van der Waals surface area contributed by atoms with Crippen molar-refractivity contribution in [3.63, 3.8) is 0 Å². The van der Waals surface area contributed by atoms with E-state index in [2.05, 4.69) is 28.5 Å². The maximum atomic E-state index is 8.93. The van der Waals surface area contributed by atoms with E-state index in [9.17, 15) is 0 Å². The number of likely N-dealkylation sites (tertiary alicyclic amines) is 1. The molecule has 2 heterocycles. The molecule has 2 aliphatic heterocycles. The molecule has 0 saturated carbocycles. The SMILES string of the molecule is CC(C)N1CCC(N2CCN(CCO)CC2)C1. The number of hydrogen-bond donors (Lipinski definition) is 1. The lowest BCUT2D eigenvalue weighted by atomic mass is 10.2. The minimum Gasteiger partial charge on any atom is -0.395 e. The first-order valence-electron chi connectivity index (χ1n) is 7.02. The molecule has 0 aromatic carbocycles. The van der Waals surface area contributed by atoms with Crippen LogP contribution in [0.1, 0.15) is 20.3 Å². The van der Waals surface area contributed by atoms with Gasteiger partial charge in [0.25, 0.3) is 0 Å². The molecular formula is C13H27N3O. The summed E-state index contributed by atoms with van der Waals surface area (Å²) in [6, 6.07) is 1.46. The van der Waals surface area contributed by atoms with E-state index in [1.54, 1.807) is 0 Å². The first-order valence-corrected chi connectivity index (χ1v) is 7.02. The molecule has 1 N–H and O–H groups in total. The zero-order valence-electron chi connectivity index (χ0n) is 11.3. The van der Waals surface area contributed by atoms with Gasteiger partial charge in [-0.15, -0.1) is 0 Å². The Kier molecular flexibility index (Phi) is 4.79. The van der Waals surface area contributed by atoms with E-state index >= 15 is 0 Å². The van der Waals surface area contributed by atoms with Crippen LogP contribution in [0.3, 0.4) is 0 Å². The summed E-state index contributed by atoms with van der Waals surface area (Å²) in [6.07, 6.45) is 1.33. The van der Waals surface area contributed by atoms with Gasteiger partial charge in [0.05, 0.1) is 6.61 Å². The molecule has 2 fully saturated rings. The zero-order chi connectivity index (χ0) is 12.3. The van der Waals surface area contributed by atoms with E-state index in [0.29, 0.717) is 12.6 Å². The molecular weight excluding hydrogens is 214 g/mol. The van der Waals surface area contributed by atoms with Gasteiger partial charge in [0.15, 0.2) is 0 Å². The molecule has 0 spiro atoms. The second-order valence-electron chi connectivity index (χ2n) is 5.63. The van der Waals surface area contributed by atoms with E-state index in [1.807, 2.05) is 0 Å². The molecule has 2 saturated heterocycles. The Balaban J connectivity index is 1.74. The van der Waals surface area contributed by atoms with Crippen molar-refractivity contribution in [2.45, 2.75) is 32.4 Å². The smallest absolute Gasteiger partial charge is 0.0558 e. The largest absolute Gasteiger partial charge is 0.395 e. The van der Waals surface area contributed by atoms with Gasteiger partial charge in [-0.1, -0.05) is 0 Å². The Morgan fingerprint density at radius 3 is 2.35 bits per heavy atom. The van der Waals surface area contributed by atoms with Gasteiger partial charge >= 0.3 is 0 Å². The van der Waals surface area contributed by atoms with Crippen LogP contribution in [0, 0.1) is 0 Å². The van der Waals surface area contributed by atoms with E-state index in [1.165, 1.54) is 32.6 Å². The topological polar surface area (TPSA) is 30.0 Å². The molecule has 1 unspecified atom stereocenters. The average molecular weight is 241 g/mol. The van der Waals surface area contributed by atoms with Crippen molar-refractivity contribution in [3.05, 3.63) is 0 Å². The fraction of sp³-hybridized carbons (Fsp3) is 1.00. The van der Waals surface area contributed by atoms with E-state index < -0.39 is 0 Å². The van der Waals surface area contributed by atoms with Crippen LogP contribution in [-0.4, -0.2) is 84.3 Å². The summed E-state index contributed by atoms with van der Waals surface area (Å²) in [7, 11) is 0. The van der Waals surface area contributed by atoms with Gasteiger partial charge in [-0.3, -0.25) is 14.7 Å². The summed E-state index contributed by atoms with van der Waals surface area (Å²) < 4.78 is 0. The van der Waals surface area contributed by atoms with Crippen molar-refractivity contribution in [3.8, 4) is 0 Å². The first-order chi connectivity index (χ1) is 8.20. The standard InChI is InChI=1S/C13H27N3O/c1-12(2)16-4-3-13(11-16)15-7-5-14(6-8-15)9-10-17/h12-13,17H,3-11H2,1-2H3. The van der Waals surface area contributed by atoms with E-state index in [4.69, 9.17) is 5.11 Å². The number of piperazine rings is 1. The summed E-state index contributed by atoms with van der Waals surface area (Å²) in [5.41, 5.74) is 0. The van der Waals surface area contributed by atoms with Gasteiger partial charge in [-0.05, 0) is 20.3 Å². The maximum Gasteiger partial charge on any atom is 0.0558 e. The molecule has 0 amide bonds. The highest BCUT2D eigenvalue weighted by Crippen LogP contribution is 2.19. The Bertz CT molecular complexity index is 227. The van der Waals surface area contributed by atoms with Crippen LogP contribution in [0.4, 0.5) is 0 Å². The van der Waals surface area contributed by atoms with Crippen LogP contribution in [0.5, 0.6) is 0 Å². The number of aliphatic hydroxyl groups excluding tert-OH is 1. The number of nitrogens with zero attached hydrogens (tertiary/aromatic N) is 3. The molecule has 17 heavy (non-hydrogen) atoms. The van der Waals surface area contributed by atoms with Crippen LogP contribution >= 0.6 is 0 Å². The second kappa shape index (κ2) is 6.14. The number of rotatable bonds is 4. The predicted octanol–water partition coefficient (Wildman–Crippen LogP) is 0.0790. The van der Waals surface area contributed by atoms with E-state index in [0.717, 1.165) is 25.7 Å². The molecule has 2 rings (SSSR count). The zero-order valence-corrected chi connectivity index (χ0v) is 11.3. The Morgan fingerprint density at radius 2 is 1.82 bits per heavy atom. The Labute approximate surface area is 105 Å². The van der Waals surface area contributed by atoms with Crippen molar-refractivity contribution < 1.29 is 5.11 Å². The molecule has 0 aromatic rings. The maximum absolute atomic E-state index is 8.93. The van der Waals surface area contributed by atoms with Gasteiger partial charge in [0.2, 0.25) is 0 Å². The van der Waals surface area contributed by atoms with Crippen molar-refractivity contribution in [1.29, 1.82) is 0 Å². The first kappa shape index (κ1) is 13.3. The molecule has 4 nitrogen and oxygen atoms in total. The van der Waals surface area contributed by atoms with Crippen LogP contribution in [0.2, 0.25) is 0 Å². The fourth-order valence-electron chi connectivity index (χ4n) is 3.03. The molecule has 2 aliphatic rings. The third-order valence-electron chi connectivity index (χ3n) is 4.26. The monoisotopic (exact) mass is 241 g/mol. The highest BCUT2D eigenvalue weighted by molar-refractivity contribution is 4.87. The second-order valence-corrected chi connectivity index (χ2v) is 5.63. The number of aliphatic hydroxyl groups is 1. The number of hydrogen-bond acceptors (Lipinski definition) is 4. The molecule has 4 heteroatoms. The normalized spacial score (nSPS) is 29.3. The average Bonchev–Trinajstić information content (AvgIpc) is 2.80. The molecule has 0 aliphatic carbocycles. The fourth-order valence-corrected chi connectivity index (χ4v) is 3.03. The van der Waals surface area contributed by atoms with E-state index in [-0.39, 0.29) is 0 Å². The third-order valence-corrected chi connectivity index (χ3v) is 4.26. The van der Waals surface area contributed by atoms with Crippen LogP contribution < -0.4 is 0 Å². The van der Waals surface area contributed by atoms with Crippen molar-refractivity contribution >= 4 is 0 Å². The van der Waals surface area contributed by atoms with Gasteiger partial charge < -0.3 is 5.11 Å². The molecule has 0 aromatic heterocycles. The lowest BCUT2D eigenvalue weighted by Gasteiger charge is -2.38. The lowest BCUT2D eigenvalue weighted by molar-refractivity contribution is 0.0839. The van der Waals surface area contributed by atoms with Gasteiger partial charge in [-0.2, -0.15) is 0 Å². The van der Waals surface area contributed by atoms with Crippen LogP contribution in [-0.2, 0) is 0 Å². The quantitative estimate of drug-likeness (QED) is 0.755. The molecule has 100 valence electrons. The van der Waals surface area contributed by atoms with Gasteiger partial charge in [0, 0.05) is 57.9 Å². The third kappa shape index (κ3) is 3.41. The summed E-state index contributed by atoms with van der Waals surface area (Å²) in [4.78, 5) is 7.60. The summed E-state index contributed by atoms with van der Waals surface area (Å²) in [5.74, 6) is 0. The molecule has 0 bridgehead atoms. The van der Waals surface area contributed by atoms with Crippen molar-refractivity contribution in [1.82, 2.24) is 14.7 Å². The summed E-state index contributed by atoms with van der Waals surface area (Å²) >= 11 is 0. The molecule has 1 atom stereocenters. The van der Waals surface area contributed by atoms with Gasteiger partial charge in [-0.25, -0.2) is 0 Å². The predicted molar refractivity (Wildman–Crippen MR) is 70.2 cm³/mol. The minimum atomic E-state index is 0.296. The minimum absolute atomic E-state index is 0.296. The lowest BCUT2D eigenvalue weighted by Crippen LogP contribution is -2.51. The van der Waals surface area contributed by atoms with Crippen molar-refractivity contribution in [2.75, 3.05) is 52.4 Å².